The predicted molar refractivity (Wildman–Crippen MR) is 107 cm³/mol. The van der Waals surface area contributed by atoms with Gasteiger partial charge in [-0.3, -0.25) is 0 Å². The summed E-state index contributed by atoms with van der Waals surface area (Å²) in [6.07, 6.45) is 0. The van der Waals surface area contributed by atoms with E-state index >= 15 is 0 Å². The molecular weight excluding hydrogens is 433 g/mol. The summed E-state index contributed by atoms with van der Waals surface area (Å²) in [5.74, 6) is 2.76. The van der Waals surface area contributed by atoms with Crippen molar-refractivity contribution in [2.24, 2.45) is 4.99 Å². The third-order valence-corrected chi connectivity index (χ3v) is 3.51. The Bertz CT molecular complexity index is 809. The number of benzene rings is 1. The van der Waals surface area contributed by atoms with Crippen molar-refractivity contribution in [1.82, 2.24) is 20.4 Å². The molecule has 3 aromatic rings. The third-order valence-electron chi connectivity index (χ3n) is 3.51. The topological polar surface area (TPSA) is 79.7 Å². The first kappa shape index (κ1) is 19.2. The molecule has 0 aliphatic heterocycles. The monoisotopic (exact) mass is 455 g/mol. The molecule has 0 aliphatic carbocycles. The van der Waals surface area contributed by atoms with Gasteiger partial charge in [0.2, 0.25) is 5.89 Å². The van der Waals surface area contributed by atoms with Gasteiger partial charge in [-0.15, -0.1) is 24.0 Å². The molecule has 8 heteroatoms. The predicted octanol–water partition coefficient (Wildman–Crippen LogP) is 3.34. The Balaban J connectivity index is 0.00000225. The number of nitrogens with one attached hydrogen (secondary N) is 1. The van der Waals surface area contributed by atoms with E-state index < -0.39 is 0 Å². The van der Waals surface area contributed by atoms with E-state index in [2.05, 4.69) is 26.5 Å². The zero-order valence-corrected chi connectivity index (χ0v) is 16.9. The van der Waals surface area contributed by atoms with E-state index in [0.29, 0.717) is 24.8 Å². The number of fused-ring (bicyclic) bond motifs is 1. The lowest BCUT2D eigenvalue weighted by Crippen LogP contribution is -2.38. The van der Waals surface area contributed by atoms with E-state index in [-0.39, 0.29) is 24.0 Å². The third kappa shape index (κ3) is 4.94. The highest BCUT2D eigenvalue weighted by Crippen LogP contribution is 2.19. The van der Waals surface area contributed by atoms with Gasteiger partial charge in [0.25, 0.3) is 0 Å². The van der Waals surface area contributed by atoms with Gasteiger partial charge in [-0.1, -0.05) is 23.4 Å². The van der Waals surface area contributed by atoms with Crippen molar-refractivity contribution in [2.75, 3.05) is 13.6 Å². The number of aromatic nitrogens is 2. The largest absolute Gasteiger partial charge is 0.459 e. The Morgan fingerprint density at radius 1 is 1.32 bits per heavy atom. The molecule has 0 aliphatic rings. The van der Waals surface area contributed by atoms with Gasteiger partial charge >= 0.3 is 0 Å². The van der Waals surface area contributed by atoms with Gasteiger partial charge in [-0.25, -0.2) is 4.99 Å². The van der Waals surface area contributed by atoms with Crippen molar-refractivity contribution in [1.29, 1.82) is 0 Å². The van der Waals surface area contributed by atoms with Gasteiger partial charge in [-0.2, -0.15) is 4.98 Å². The molecule has 0 fully saturated rings. The van der Waals surface area contributed by atoms with Crippen LogP contribution in [0.1, 0.15) is 24.4 Å². The summed E-state index contributed by atoms with van der Waals surface area (Å²) >= 11 is 0. The number of nitrogens with zero attached hydrogens (tertiary/aromatic N) is 4. The van der Waals surface area contributed by atoms with E-state index in [1.165, 1.54) is 0 Å². The van der Waals surface area contributed by atoms with Crippen LogP contribution in [0.25, 0.3) is 11.0 Å². The van der Waals surface area contributed by atoms with E-state index in [4.69, 9.17) is 8.94 Å². The molecule has 0 spiro atoms. The average molecular weight is 455 g/mol. The van der Waals surface area contributed by atoms with Crippen LogP contribution in [-0.2, 0) is 13.1 Å². The number of aryl methyl sites for hydroxylation is 1. The minimum absolute atomic E-state index is 0. The quantitative estimate of drug-likeness (QED) is 0.361. The Morgan fingerprint density at radius 2 is 2.12 bits per heavy atom. The summed E-state index contributed by atoms with van der Waals surface area (Å²) in [5, 5.41) is 8.23. The van der Waals surface area contributed by atoms with Crippen molar-refractivity contribution < 1.29 is 8.94 Å². The van der Waals surface area contributed by atoms with E-state index in [1.807, 2.05) is 43.1 Å². The molecule has 0 unspecified atom stereocenters. The fourth-order valence-electron chi connectivity index (χ4n) is 2.44. The molecular formula is C17H22IN5O2. The van der Waals surface area contributed by atoms with Crippen LogP contribution in [0.4, 0.5) is 0 Å². The second-order valence-electron chi connectivity index (χ2n) is 5.51. The molecule has 0 atom stereocenters. The normalized spacial score (nSPS) is 11.4. The van der Waals surface area contributed by atoms with Gasteiger partial charge in [0.1, 0.15) is 17.9 Å². The lowest BCUT2D eigenvalue weighted by Gasteiger charge is -2.20. The fraction of sp³-hybridized carbons (Fsp3) is 0.353. The van der Waals surface area contributed by atoms with Crippen LogP contribution in [0, 0.1) is 6.92 Å². The Labute approximate surface area is 163 Å². The van der Waals surface area contributed by atoms with Gasteiger partial charge in [-0.05, 0) is 19.1 Å². The summed E-state index contributed by atoms with van der Waals surface area (Å²) < 4.78 is 10.8. The number of furan rings is 1. The van der Waals surface area contributed by atoms with Crippen LogP contribution in [0.2, 0.25) is 0 Å². The fourth-order valence-corrected chi connectivity index (χ4v) is 2.44. The Morgan fingerprint density at radius 3 is 2.80 bits per heavy atom. The molecule has 0 saturated heterocycles. The summed E-state index contributed by atoms with van der Waals surface area (Å²) in [6.45, 7) is 5.55. The first-order valence-electron chi connectivity index (χ1n) is 7.92. The maximum absolute atomic E-state index is 5.87. The summed E-state index contributed by atoms with van der Waals surface area (Å²) in [4.78, 5) is 10.7. The summed E-state index contributed by atoms with van der Waals surface area (Å²) in [5.41, 5.74) is 0.894. The van der Waals surface area contributed by atoms with E-state index in [9.17, 15) is 0 Å². The van der Waals surface area contributed by atoms with Crippen molar-refractivity contribution in [3.05, 3.63) is 47.8 Å². The number of hydrogen-bond donors (Lipinski definition) is 1. The van der Waals surface area contributed by atoms with Crippen LogP contribution in [0.5, 0.6) is 0 Å². The van der Waals surface area contributed by atoms with Crippen LogP contribution < -0.4 is 5.32 Å². The molecule has 0 saturated carbocycles. The second-order valence-corrected chi connectivity index (χ2v) is 5.51. The number of rotatable bonds is 5. The SMILES string of the molecule is CCNC(=NCc1noc(C)n1)N(C)Cc1cc2ccccc2o1.I. The number of halogens is 1. The average Bonchev–Trinajstić information content (AvgIpc) is 3.16. The van der Waals surface area contributed by atoms with Gasteiger partial charge in [0.15, 0.2) is 11.8 Å². The minimum atomic E-state index is 0. The number of guanidine groups is 1. The molecule has 1 aromatic carbocycles. The zero-order valence-electron chi connectivity index (χ0n) is 14.5. The molecule has 2 aromatic heterocycles. The standard InChI is InChI=1S/C17H21N5O2.HI/c1-4-18-17(19-10-16-20-12(2)24-21-16)22(3)11-14-9-13-7-5-6-8-15(13)23-14;/h5-9H,4,10-11H2,1-3H3,(H,18,19);1H. The molecule has 2 heterocycles. The molecule has 7 nitrogen and oxygen atoms in total. The molecule has 0 amide bonds. The molecule has 25 heavy (non-hydrogen) atoms. The van der Waals surface area contributed by atoms with Crippen molar-refractivity contribution in [2.45, 2.75) is 26.9 Å². The highest BCUT2D eigenvalue weighted by Gasteiger charge is 2.11. The lowest BCUT2D eigenvalue weighted by molar-refractivity contribution is 0.387. The number of aliphatic imine (C=N–C) groups is 1. The summed E-state index contributed by atoms with van der Waals surface area (Å²) in [6, 6.07) is 10.0. The Hall–Kier alpha value is -2.10. The van der Waals surface area contributed by atoms with Crippen LogP contribution in [0.15, 0.2) is 44.3 Å². The zero-order chi connectivity index (χ0) is 16.9. The van der Waals surface area contributed by atoms with Crippen LogP contribution >= 0.6 is 24.0 Å². The van der Waals surface area contributed by atoms with Crippen molar-refractivity contribution >= 4 is 40.9 Å². The van der Waals surface area contributed by atoms with Gasteiger partial charge in [0, 0.05) is 25.9 Å². The highest BCUT2D eigenvalue weighted by molar-refractivity contribution is 14.0. The molecule has 134 valence electrons. The number of para-hydroxylation sites is 1. The van der Waals surface area contributed by atoms with Crippen molar-refractivity contribution in [3.8, 4) is 0 Å². The number of hydrogen-bond acceptors (Lipinski definition) is 5. The van der Waals surface area contributed by atoms with Crippen LogP contribution in [0.3, 0.4) is 0 Å². The maximum Gasteiger partial charge on any atom is 0.223 e. The first-order valence-corrected chi connectivity index (χ1v) is 7.92. The molecule has 0 bridgehead atoms. The molecule has 1 N–H and O–H groups in total. The maximum atomic E-state index is 5.87. The van der Waals surface area contributed by atoms with Gasteiger partial charge in [0.05, 0.1) is 6.54 Å². The lowest BCUT2D eigenvalue weighted by atomic mass is 10.2. The van der Waals surface area contributed by atoms with Crippen LogP contribution in [-0.4, -0.2) is 34.6 Å². The highest BCUT2D eigenvalue weighted by atomic mass is 127. The van der Waals surface area contributed by atoms with E-state index in [1.54, 1.807) is 6.92 Å². The smallest absolute Gasteiger partial charge is 0.223 e. The first-order chi connectivity index (χ1) is 11.7. The minimum Gasteiger partial charge on any atom is -0.459 e. The van der Waals surface area contributed by atoms with Gasteiger partial charge < -0.3 is 19.2 Å². The Kier molecular flexibility index (Phi) is 6.80. The van der Waals surface area contributed by atoms with Crippen molar-refractivity contribution in [3.63, 3.8) is 0 Å². The second kappa shape index (κ2) is 8.84. The van der Waals surface area contributed by atoms with E-state index in [0.717, 1.165) is 29.2 Å². The molecule has 0 radical (unpaired) electrons. The molecule has 3 rings (SSSR count). The summed E-state index contributed by atoms with van der Waals surface area (Å²) in [7, 11) is 1.97.